The van der Waals surface area contributed by atoms with Crippen LogP contribution in [0.1, 0.15) is 12.5 Å². The third kappa shape index (κ3) is 2.73. The summed E-state index contributed by atoms with van der Waals surface area (Å²) in [5.41, 5.74) is -0.298. The number of phenolic OH excluding ortho intramolecular Hbond substituents is 1. The summed E-state index contributed by atoms with van der Waals surface area (Å²) in [5.74, 6) is 0.151. The normalized spacial score (nSPS) is 10.6. The standard InChI is InChI=1S/C13H14N2O3S/c1-3-15-12(8(2)11(17)14-13(15)18)19-10-6-4-5-9(16)7-10/h4-7,16H,3H2,1-2H3,(H,14,17,18). The van der Waals surface area contributed by atoms with Crippen molar-refractivity contribution in [2.45, 2.75) is 30.3 Å². The number of aromatic nitrogens is 2. The third-order valence-electron chi connectivity index (χ3n) is 2.72. The van der Waals surface area contributed by atoms with Crippen LogP contribution in [0.5, 0.6) is 5.75 Å². The Kier molecular flexibility index (Phi) is 3.80. The number of nitrogens with one attached hydrogen (secondary N) is 1. The van der Waals surface area contributed by atoms with Gasteiger partial charge in [0.25, 0.3) is 5.56 Å². The molecule has 2 N–H and O–H groups in total. The van der Waals surface area contributed by atoms with Crippen molar-refractivity contribution < 1.29 is 5.11 Å². The zero-order chi connectivity index (χ0) is 14.0. The minimum Gasteiger partial charge on any atom is -0.508 e. The summed E-state index contributed by atoms with van der Waals surface area (Å²) in [7, 11) is 0. The smallest absolute Gasteiger partial charge is 0.329 e. The second kappa shape index (κ2) is 5.36. The molecule has 19 heavy (non-hydrogen) atoms. The Morgan fingerprint density at radius 2 is 2.11 bits per heavy atom. The lowest BCUT2D eigenvalue weighted by atomic mass is 10.3. The second-order valence-electron chi connectivity index (χ2n) is 4.03. The van der Waals surface area contributed by atoms with Gasteiger partial charge in [0.15, 0.2) is 0 Å². The van der Waals surface area contributed by atoms with Gasteiger partial charge in [-0.15, -0.1) is 0 Å². The molecule has 0 saturated heterocycles. The highest BCUT2D eigenvalue weighted by Gasteiger charge is 2.12. The van der Waals surface area contributed by atoms with E-state index >= 15 is 0 Å². The van der Waals surface area contributed by atoms with Gasteiger partial charge in [-0.2, -0.15) is 0 Å². The van der Waals surface area contributed by atoms with Crippen molar-refractivity contribution in [2.75, 3.05) is 0 Å². The maximum Gasteiger partial charge on any atom is 0.329 e. The number of benzene rings is 1. The predicted molar refractivity (Wildman–Crippen MR) is 74.0 cm³/mol. The van der Waals surface area contributed by atoms with Crippen LogP contribution in [-0.4, -0.2) is 14.7 Å². The Morgan fingerprint density at radius 1 is 1.37 bits per heavy atom. The highest BCUT2D eigenvalue weighted by molar-refractivity contribution is 7.99. The molecule has 0 spiro atoms. The van der Waals surface area contributed by atoms with Gasteiger partial charge >= 0.3 is 5.69 Å². The lowest BCUT2D eigenvalue weighted by Crippen LogP contribution is -2.32. The van der Waals surface area contributed by atoms with Gasteiger partial charge in [-0.3, -0.25) is 14.3 Å². The summed E-state index contributed by atoms with van der Waals surface area (Å²) in [6.45, 7) is 3.98. The number of hydrogen-bond donors (Lipinski definition) is 2. The summed E-state index contributed by atoms with van der Waals surface area (Å²) in [6, 6.07) is 6.70. The fraction of sp³-hybridized carbons (Fsp3) is 0.231. The molecular weight excluding hydrogens is 264 g/mol. The van der Waals surface area contributed by atoms with Crippen molar-refractivity contribution in [3.8, 4) is 5.75 Å². The Hall–Kier alpha value is -1.95. The monoisotopic (exact) mass is 278 g/mol. The molecule has 1 aromatic heterocycles. The molecule has 0 aliphatic rings. The zero-order valence-electron chi connectivity index (χ0n) is 10.6. The molecule has 0 saturated carbocycles. The Balaban J connectivity index is 2.56. The van der Waals surface area contributed by atoms with Gasteiger partial charge in [-0.25, -0.2) is 4.79 Å². The van der Waals surface area contributed by atoms with Crippen LogP contribution in [0.25, 0.3) is 0 Å². The molecule has 0 bridgehead atoms. The van der Waals surface area contributed by atoms with E-state index in [1.54, 1.807) is 25.1 Å². The number of phenols is 1. The van der Waals surface area contributed by atoms with E-state index in [4.69, 9.17) is 0 Å². The topological polar surface area (TPSA) is 75.1 Å². The van der Waals surface area contributed by atoms with Crippen LogP contribution in [0.3, 0.4) is 0 Å². The summed E-state index contributed by atoms with van der Waals surface area (Å²) in [4.78, 5) is 26.5. The lowest BCUT2D eigenvalue weighted by Gasteiger charge is -2.12. The van der Waals surface area contributed by atoms with Gasteiger partial charge in [-0.1, -0.05) is 17.8 Å². The fourth-order valence-electron chi connectivity index (χ4n) is 1.73. The summed E-state index contributed by atoms with van der Waals surface area (Å²) in [6.07, 6.45) is 0. The van der Waals surface area contributed by atoms with Crippen LogP contribution in [-0.2, 0) is 6.54 Å². The molecule has 0 aliphatic heterocycles. The molecule has 0 fully saturated rings. The quantitative estimate of drug-likeness (QED) is 0.838. The van der Waals surface area contributed by atoms with Crippen molar-refractivity contribution in [1.82, 2.24) is 9.55 Å². The predicted octanol–water partition coefficient (Wildman–Crippen LogP) is 1.72. The number of nitrogens with zero attached hydrogens (tertiary/aromatic N) is 1. The van der Waals surface area contributed by atoms with E-state index < -0.39 is 5.69 Å². The van der Waals surface area contributed by atoms with E-state index in [9.17, 15) is 14.7 Å². The van der Waals surface area contributed by atoms with E-state index in [-0.39, 0.29) is 11.3 Å². The lowest BCUT2D eigenvalue weighted by molar-refractivity contribution is 0.474. The number of aromatic hydroxyl groups is 1. The van der Waals surface area contributed by atoms with E-state index in [1.165, 1.54) is 16.3 Å². The molecule has 0 unspecified atom stereocenters. The second-order valence-corrected chi connectivity index (χ2v) is 5.10. The van der Waals surface area contributed by atoms with E-state index in [0.29, 0.717) is 17.1 Å². The first kappa shape index (κ1) is 13.5. The molecule has 1 heterocycles. The van der Waals surface area contributed by atoms with Crippen molar-refractivity contribution in [3.05, 3.63) is 50.7 Å². The summed E-state index contributed by atoms with van der Waals surface area (Å²) in [5, 5.41) is 10.0. The number of rotatable bonds is 3. The maximum atomic E-state index is 11.7. The number of H-pyrrole nitrogens is 1. The maximum absolute atomic E-state index is 11.7. The van der Waals surface area contributed by atoms with Gasteiger partial charge < -0.3 is 5.11 Å². The largest absolute Gasteiger partial charge is 0.508 e. The third-order valence-corrected chi connectivity index (χ3v) is 3.93. The summed E-state index contributed by atoms with van der Waals surface area (Å²) < 4.78 is 1.51. The molecule has 0 amide bonds. The van der Waals surface area contributed by atoms with Crippen LogP contribution in [0, 0.1) is 6.92 Å². The van der Waals surface area contributed by atoms with Crippen molar-refractivity contribution in [1.29, 1.82) is 0 Å². The molecule has 0 radical (unpaired) electrons. The zero-order valence-corrected chi connectivity index (χ0v) is 11.5. The van der Waals surface area contributed by atoms with Crippen LogP contribution < -0.4 is 11.2 Å². The minimum atomic E-state index is -0.416. The molecular formula is C13H14N2O3S. The average molecular weight is 278 g/mol. The molecule has 6 heteroatoms. The Morgan fingerprint density at radius 3 is 2.74 bits per heavy atom. The number of aromatic amines is 1. The first-order valence-electron chi connectivity index (χ1n) is 5.83. The van der Waals surface area contributed by atoms with Gasteiger partial charge in [0.05, 0.1) is 5.03 Å². The Bertz CT molecular complexity index is 719. The van der Waals surface area contributed by atoms with E-state index in [2.05, 4.69) is 4.98 Å². The van der Waals surface area contributed by atoms with Gasteiger partial charge in [0.2, 0.25) is 0 Å². The fourth-order valence-corrected chi connectivity index (χ4v) is 2.85. The van der Waals surface area contributed by atoms with Crippen molar-refractivity contribution in [3.63, 3.8) is 0 Å². The molecule has 100 valence electrons. The minimum absolute atomic E-state index is 0.151. The first-order valence-corrected chi connectivity index (χ1v) is 6.65. The van der Waals surface area contributed by atoms with E-state index in [1.807, 2.05) is 13.0 Å². The molecule has 2 aromatic rings. The number of hydrogen-bond acceptors (Lipinski definition) is 4. The van der Waals surface area contributed by atoms with Crippen molar-refractivity contribution >= 4 is 11.8 Å². The van der Waals surface area contributed by atoms with Gasteiger partial charge in [-0.05, 0) is 32.0 Å². The van der Waals surface area contributed by atoms with Crippen molar-refractivity contribution in [2.24, 2.45) is 0 Å². The van der Waals surface area contributed by atoms with Gasteiger partial charge in [0.1, 0.15) is 5.75 Å². The SMILES string of the molecule is CCn1c(Sc2cccc(O)c2)c(C)c(=O)[nH]c1=O. The van der Waals surface area contributed by atoms with Gasteiger partial charge in [0, 0.05) is 17.0 Å². The Labute approximate surface area is 113 Å². The first-order chi connectivity index (χ1) is 9.02. The molecule has 2 rings (SSSR count). The van der Waals surface area contributed by atoms with Crippen LogP contribution in [0.2, 0.25) is 0 Å². The molecule has 5 nitrogen and oxygen atoms in total. The molecule has 1 aromatic carbocycles. The average Bonchev–Trinajstić information content (AvgIpc) is 2.36. The van der Waals surface area contributed by atoms with Crippen LogP contribution in [0.15, 0.2) is 43.8 Å². The highest BCUT2D eigenvalue weighted by atomic mass is 32.2. The summed E-state index contributed by atoms with van der Waals surface area (Å²) >= 11 is 1.29. The molecule has 0 atom stereocenters. The molecule has 0 aliphatic carbocycles. The van der Waals surface area contributed by atoms with Crippen LogP contribution in [0.4, 0.5) is 0 Å². The highest BCUT2D eigenvalue weighted by Crippen LogP contribution is 2.30. The van der Waals surface area contributed by atoms with Crippen LogP contribution >= 0.6 is 11.8 Å². The van der Waals surface area contributed by atoms with E-state index in [0.717, 1.165) is 4.90 Å².